The largest absolute Gasteiger partial charge is 0.392 e. The Hall–Kier alpha value is -1.10. The average molecular weight is 269 g/mol. The predicted octanol–water partition coefficient (Wildman–Crippen LogP) is 1.24. The number of hydrogen-bond donors (Lipinski definition) is 3. The van der Waals surface area contributed by atoms with E-state index in [4.69, 9.17) is 11.6 Å². The van der Waals surface area contributed by atoms with Gasteiger partial charge in [0.05, 0.1) is 18.2 Å². The topological polar surface area (TPSA) is 61.4 Å². The van der Waals surface area contributed by atoms with Crippen molar-refractivity contribution in [3.05, 3.63) is 34.9 Å². The van der Waals surface area contributed by atoms with E-state index in [2.05, 4.69) is 10.6 Å². The molecule has 1 aromatic rings. The maximum atomic E-state index is 11.9. The van der Waals surface area contributed by atoms with Crippen molar-refractivity contribution < 1.29 is 9.90 Å². The number of amides is 1. The van der Waals surface area contributed by atoms with Crippen molar-refractivity contribution >= 4 is 17.5 Å². The van der Waals surface area contributed by atoms with Crippen molar-refractivity contribution in [2.45, 2.75) is 31.5 Å². The lowest BCUT2D eigenvalue weighted by Crippen LogP contribution is -2.41. The van der Waals surface area contributed by atoms with Crippen LogP contribution in [0.25, 0.3) is 0 Å². The van der Waals surface area contributed by atoms with Crippen LogP contribution in [0.1, 0.15) is 24.9 Å². The molecule has 3 N–H and O–H groups in total. The molecule has 2 unspecified atom stereocenters. The Balaban J connectivity index is 1.92. The summed E-state index contributed by atoms with van der Waals surface area (Å²) in [6, 6.07) is 7.02. The molecule has 1 aromatic carbocycles. The van der Waals surface area contributed by atoms with E-state index in [0.29, 0.717) is 18.0 Å². The van der Waals surface area contributed by atoms with Gasteiger partial charge in [0, 0.05) is 11.6 Å². The van der Waals surface area contributed by atoms with Crippen molar-refractivity contribution in [3.8, 4) is 0 Å². The van der Waals surface area contributed by atoms with E-state index in [0.717, 1.165) is 5.56 Å². The van der Waals surface area contributed by atoms with Crippen LogP contribution in [0.4, 0.5) is 0 Å². The minimum Gasteiger partial charge on any atom is -0.392 e. The summed E-state index contributed by atoms with van der Waals surface area (Å²) in [6.45, 7) is 2.40. The Morgan fingerprint density at radius 3 is 2.72 bits per heavy atom. The maximum Gasteiger partial charge on any atom is 0.237 e. The molecule has 4 nitrogen and oxygen atoms in total. The molecule has 1 aliphatic rings. The highest BCUT2D eigenvalue weighted by atomic mass is 35.5. The van der Waals surface area contributed by atoms with Gasteiger partial charge in [-0.2, -0.15) is 0 Å². The first-order chi connectivity index (χ1) is 8.56. The summed E-state index contributed by atoms with van der Waals surface area (Å²) in [5.41, 5.74) is 1.01. The minimum atomic E-state index is -0.424. The van der Waals surface area contributed by atoms with Crippen molar-refractivity contribution in [3.63, 3.8) is 0 Å². The maximum absolute atomic E-state index is 11.9. The number of carbonyl (C=O) groups is 1. The van der Waals surface area contributed by atoms with Gasteiger partial charge in [-0.05, 0) is 31.0 Å². The van der Waals surface area contributed by atoms with Gasteiger partial charge in [0.2, 0.25) is 5.91 Å². The van der Waals surface area contributed by atoms with Crippen LogP contribution in [0.2, 0.25) is 5.02 Å². The summed E-state index contributed by atoms with van der Waals surface area (Å²) in [7, 11) is 0. The third-order valence-electron chi connectivity index (χ3n) is 3.15. The molecule has 1 heterocycles. The monoisotopic (exact) mass is 268 g/mol. The van der Waals surface area contributed by atoms with Gasteiger partial charge in [-0.1, -0.05) is 23.7 Å². The molecule has 1 fully saturated rings. The van der Waals surface area contributed by atoms with Gasteiger partial charge in [-0.25, -0.2) is 0 Å². The molecule has 0 spiro atoms. The first kappa shape index (κ1) is 13.3. The normalized spacial score (nSPS) is 24.8. The van der Waals surface area contributed by atoms with Gasteiger partial charge in [0.25, 0.3) is 0 Å². The van der Waals surface area contributed by atoms with Crippen molar-refractivity contribution in [2.75, 3.05) is 6.54 Å². The van der Waals surface area contributed by atoms with Gasteiger partial charge in [0.1, 0.15) is 0 Å². The molecule has 3 atom stereocenters. The van der Waals surface area contributed by atoms with Crippen LogP contribution in [0, 0.1) is 0 Å². The number of rotatable bonds is 3. The molecule has 2 rings (SSSR count). The first-order valence-corrected chi connectivity index (χ1v) is 6.41. The lowest BCUT2D eigenvalue weighted by atomic mass is 10.1. The Morgan fingerprint density at radius 2 is 2.17 bits per heavy atom. The number of aliphatic hydroxyl groups excluding tert-OH is 1. The minimum absolute atomic E-state index is 0.0747. The predicted molar refractivity (Wildman–Crippen MR) is 70.4 cm³/mol. The molecule has 0 aliphatic carbocycles. The Kier molecular flexibility index (Phi) is 4.22. The highest BCUT2D eigenvalue weighted by Crippen LogP contribution is 2.16. The first-order valence-electron chi connectivity index (χ1n) is 6.03. The fourth-order valence-corrected chi connectivity index (χ4v) is 2.19. The molecular weight excluding hydrogens is 252 g/mol. The second kappa shape index (κ2) is 5.69. The van der Waals surface area contributed by atoms with Crippen LogP contribution in [-0.2, 0) is 4.79 Å². The summed E-state index contributed by atoms with van der Waals surface area (Å²) in [6.07, 6.45) is 0.0469. The lowest BCUT2D eigenvalue weighted by Gasteiger charge is -2.17. The van der Waals surface area contributed by atoms with Crippen LogP contribution in [0.5, 0.6) is 0 Å². The third kappa shape index (κ3) is 3.22. The SMILES string of the molecule is C[C@@H](NC(=O)C1CC(O)CN1)c1ccc(Cl)cc1. The van der Waals surface area contributed by atoms with Gasteiger partial charge < -0.3 is 15.7 Å². The molecule has 18 heavy (non-hydrogen) atoms. The summed E-state index contributed by atoms with van der Waals surface area (Å²) in [4.78, 5) is 11.9. The number of benzene rings is 1. The number of carbonyl (C=O) groups excluding carboxylic acids is 1. The molecule has 1 amide bonds. The number of aliphatic hydroxyl groups is 1. The number of hydrogen-bond acceptors (Lipinski definition) is 3. The zero-order chi connectivity index (χ0) is 13.1. The van der Waals surface area contributed by atoms with E-state index >= 15 is 0 Å². The Bertz CT molecular complexity index is 422. The number of halogens is 1. The quantitative estimate of drug-likeness (QED) is 0.773. The van der Waals surface area contributed by atoms with E-state index in [1.807, 2.05) is 19.1 Å². The molecule has 1 saturated heterocycles. The molecule has 98 valence electrons. The zero-order valence-electron chi connectivity index (χ0n) is 10.2. The molecule has 0 saturated carbocycles. The molecule has 5 heteroatoms. The van der Waals surface area contributed by atoms with Crippen LogP contribution < -0.4 is 10.6 Å². The third-order valence-corrected chi connectivity index (χ3v) is 3.40. The molecule has 1 aliphatic heterocycles. The van der Waals surface area contributed by atoms with E-state index in [1.165, 1.54) is 0 Å². The zero-order valence-corrected chi connectivity index (χ0v) is 10.9. The number of β-amino-alcohol motifs (C(OH)–C–C–N with tert-alkyl or cyclic N) is 1. The fourth-order valence-electron chi connectivity index (χ4n) is 2.07. The lowest BCUT2D eigenvalue weighted by molar-refractivity contribution is -0.123. The second-order valence-electron chi connectivity index (χ2n) is 4.63. The standard InChI is InChI=1S/C13H17ClN2O2/c1-8(9-2-4-10(14)5-3-9)16-13(18)12-6-11(17)7-15-12/h2-5,8,11-12,15,17H,6-7H2,1H3,(H,16,18)/t8-,11?,12?/m1/s1. The Labute approximate surface area is 111 Å². The van der Waals surface area contributed by atoms with E-state index in [9.17, 15) is 9.90 Å². The van der Waals surface area contributed by atoms with Crippen molar-refractivity contribution in [1.29, 1.82) is 0 Å². The summed E-state index contributed by atoms with van der Waals surface area (Å²) in [5, 5.41) is 16.0. The van der Waals surface area contributed by atoms with Gasteiger partial charge in [-0.15, -0.1) is 0 Å². The fraction of sp³-hybridized carbons (Fsp3) is 0.462. The van der Waals surface area contributed by atoms with E-state index in [-0.39, 0.29) is 18.0 Å². The molecular formula is C13H17ClN2O2. The summed E-state index contributed by atoms with van der Waals surface area (Å²) in [5.74, 6) is -0.0750. The van der Waals surface area contributed by atoms with E-state index in [1.54, 1.807) is 12.1 Å². The van der Waals surface area contributed by atoms with Crippen LogP contribution in [-0.4, -0.2) is 29.7 Å². The van der Waals surface area contributed by atoms with Crippen LogP contribution in [0.3, 0.4) is 0 Å². The van der Waals surface area contributed by atoms with Crippen molar-refractivity contribution in [2.24, 2.45) is 0 Å². The smallest absolute Gasteiger partial charge is 0.237 e. The molecule has 0 aromatic heterocycles. The Morgan fingerprint density at radius 1 is 1.50 bits per heavy atom. The second-order valence-corrected chi connectivity index (χ2v) is 5.07. The highest BCUT2D eigenvalue weighted by Gasteiger charge is 2.28. The van der Waals surface area contributed by atoms with Crippen LogP contribution in [0.15, 0.2) is 24.3 Å². The molecule has 0 bridgehead atoms. The summed E-state index contributed by atoms with van der Waals surface area (Å²) < 4.78 is 0. The average Bonchev–Trinajstić information content (AvgIpc) is 2.76. The van der Waals surface area contributed by atoms with Gasteiger partial charge in [-0.3, -0.25) is 4.79 Å². The summed E-state index contributed by atoms with van der Waals surface area (Å²) >= 11 is 5.82. The highest BCUT2D eigenvalue weighted by molar-refractivity contribution is 6.30. The van der Waals surface area contributed by atoms with Crippen LogP contribution >= 0.6 is 11.6 Å². The number of nitrogens with one attached hydrogen (secondary N) is 2. The van der Waals surface area contributed by atoms with Gasteiger partial charge in [0.15, 0.2) is 0 Å². The van der Waals surface area contributed by atoms with Gasteiger partial charge >= 0.3 is 0 Å². The van der Waals surface area contributed by atoms with Crippen molar-refractivity contribution in [1.82, 2.24) is 10.6 Å². The van der Waals surface area contributed by atoms with E-state index < -0.39 is 6.10 Å². The molecule has 0 radical (unpaired) electrons.